The summed E-state index contributed by atoms with van der Waals surface area (Å²) in [4.78, 5) is 18.5. The van der Waals surface area contributed by atoms with Crippen molar-refractivity contribution >= 4 is 5.91 Å². The van der Waals surface area contributed by atoms with Crippen molar-refractivity contribution in [2.24, 2.45) is 11.8 Å². The maximum atomic E-state index is 13.0. The summed E-state index contributed by atoms with van der Waals surface area (Å²) in [5.41, 5.74) is 0.714. The van der Waals surface area contributed by atoms with Gasteiger partial charge in [-0.2, -0.15) is 4.98 Å². The van der Waals surface area contributed by atoms with Crippen molar-refractivity contribution in [3.05, 3.63) is 35.9 Å². The third kappa shape index (κ3) is 4.44. The van der Waals surface area contributed by atoms with Crippen molar-refractivity contribution in [3.63, 3.8) is 0 Å². The Kier molecular flexibility index (Phi) is 5.46. The molecular formula is C19H24FN3O2. The molecule has 134 valence electrons. The van der Waals surface area contributed by atoms with E-state index in [9.17, 15) is 9.18 Å². The minimum absolute atomic E-state index is 0.0502. The summed E-state index contributed by atoms with van der Waals surface area (Å²) < 4.78 is 18.3. The van der Waals surface area contributed by atoms with Crippen LogP contribution < -0.4 is 0 Å². The minimum Gasteiger partial charge on any atom is -0.342 e. The highest BCUT2D eigenvalue weighted by atomic mass is 19.1. The van der Waals surface area contributed by atoms with Gasteiger partial charge in [0, 0.05) is 31.0 Å². The van der Waals surface area contributed by atoms with Gasteiger partial charge in [-0.1, -0.05) is 19.0 Å². The fourth-order valence-corrected chi connectivity index (χ4v) is 3.26. The predicted octanol–water partition coefficient (Wildman–Crippen LogP) is 3.70. The first-order chi connectivity index (χ1) is 12.0. The maximum Gasteiger partial charge on any atom is 0.257 e. The largest absolute Gasteiger partial charge is 0.342 e. The highest BCUT2D eigenvalue weighted by Crippen LogP contribution is 2.23. The molecule has 0 N–H and O–H groups in total. The molecule has 1 unspecified atom stereocenters. The molecule has 0 spiro atoms. The zero-order valence-electron chi connectivity index (χ0n) is 14.7. The SMILES string of the molecule is CC(C)C(=O)N1CCCC(CCc2noc(-c3ccc(F)cc3)n2)C1. The number of hydrogen-bond donors (Lipinski definition) is 0. The standard InChI is InChI=1S/C19H24FN3O2/c1-13(2)19(24)23-11-3-4-14(12-23)5-10-17-21-18(25-22-17)15-6-8-16(20)9-7-15/h6-9,13-14H,3-5,10-12H2,1-2H3. The molecule has 1 saturated heterocycles. The van der Waals surface area contributed by atoms with Gasteiger partial charge in [-0.3, -0.25) is 4.79 Å². The van der Waals surface area contributed by atoms with Crippen molar-refractivity contribution < 1.29 is 13.7 Å². The quantitative estimate of drug-likeness (QED) is 0.829. The van der Waals surface area contributed by atoms with E-state index in [1.807, 2.05) is 18.7 Å². The van der Waals surface area contributed by atoms with Gasteiger partial charge in [0.1, 0.15) is 5.82 Å². The smallest absolute Gasteiger partial charge is 0.257 e. The van der Waals surface area contributed by atoms with E-state index < -0.39 is 0 Å². The molecule has 1 amide bonds. The van der Waals surface area contributed by atoms with Crippen LogP contribution in [-0.4, -0.2) is 34.0 Å². The van der Waals surface area contributed by atoms with Crippen LogP contribution in [0.15, 0.2) is 28.8 Å². The van der Waals surface area contributed by atoms with E-state index in [0.717, 1.165) is 38.8 Å². The molecule has 1 aromatic carbocycles. The maximum absolute atomic E-state index is 13.0. The summed E-state index contributed by atoms with van der Waals surface area (Å²) in [6.45, 7) is 5.58. The van der Waals surface area contributed by atoms with Crippen molar-refractivity contribution in [2.45, 2.75) is 39.5 Å². The first kappa shape index (κ1) is 17.6. The van der Waals surface area contributed by atoms with Crippen LogP contribution in [0.25, 0.3) is 11.5 Å². The molecule has 1 aliphatic heterocycles. The number of hydrogen-bond acceptors (Lipinski definition) is 4. The highest BCUT2D eigenvalue weighted by Gasteiger charge is 2.25. The Morgan fingerprint density at radius 3 is 2.84 bits per heavy atom. The molecule has 0 bridgehead atoms. The van der Waals surface area contributed by atoms with E-state index in [2.05, 4.69) is 10.1 Å². The third-order valence-corrected chi connectivity index (χ3v) is 4.66. The second-order valence-electron chi connectivity index (χ2n) is 7.01. The zero-order valence-corrected chi connectivity index (χ0v) is 14.7. The number of nitrogens with zero attached hydrogens (tertiary/aromatic N) is 3. The number of carbonyl (C=O) groups excluding carboxylic acids is 1. The van der Waals surface area contributed by atoms with Gasteiger partial charge >= 0.3 is 0 Å². The first-order valence-corrected chi connectivity index (χ1v) is 8.90. The number of piperidine rings is 1. The molecule has 1 atom stereocenters. The topological polar surface area (TPSA) is 59.2 Å². The molecular weight excluding hydrogens is 321 g/mol. The van der Waals surface area contributed by atoms with Gasteiger partial charge in [0.2, 0.25) is 5.91 Å². The second kappa shape index (κ2) is 7.76. The Hall–Kier alpha value is -2.24. The number of carbonyl (C=O) groups is 1. The average Bonchev–Trinajstić information content (AvgIpc) is 3.09. The van der Waals surface area contributed by atoms with E-state index in [4.69, 9.17) is 4.52 Å². The van der Waals surface area contributed by atoms with E-state index in [-0.39, 0.29) is 17.6 Å². The van der Waals surface area contributed by atoms with Gasteiger partial charge in [-0.05, 0) is 49.4 Å². The Morgan fingerprint density at radius 2 is 2.12 bits per heavy atom. The number of benzene rings is 1. The third-order valence-electron chi connectivity index (χ3n) is 4.66. The van der Waals surface area contributed by atoms with Crippen LogP contribution in [0.5, 0.6) is 0 Å². The lowest BCUT2D eigenvalue weighted by atomic mass is 9.92. The van der Waals surface area contributed by atoms with Crippen LogP contribution >= 0.6 is 0 Å². The summed E-state index contributed by atoms with van der Waals surface area (Å²) in [5.74, 6) is 1.55. The molecule has 2 heterocycles. The molecule has 0 radical (unpaired) electrons. The van der Waals surface area contributed by atoms with Crippen LogP contribution in [0.3, 0.4) is 0 Å². The van der Waals surface area contributed by atoms with Gasteiger partial charge < -0.3 is 9.42 Å². The normalized spacial score (nSPS) is 17.9. The van der Waals surface area contributed by atoms with Gasteiger partial charge in [-0.25, -0.2) is 4.39 Å². The van der Waals surface area contributed by atoms with Crippen molar-refractivity contribution in [1.29, 1.82) is 0 Å². The molecule has 2 aromatic rings. The monoisotopic (exact) mass is 345 g/mol. The number of halogens is 1. The Labute approximate surface area is 147 Å². The molecule has 1 aromatic heterocycles. The first-order valence-electron chi connectivity index (χ1n) is 8.90. The van der Waals surface area contributed by atoms with Crippen LogP contribution in [0.1, 0.15) is 38.9 Å². The van der Waals surface area contributed by atoms with Crippen LogP contribution in [0, 0.1) is 17.7 Å². The van der Waals surface area contributed by atoms with Crippen LogP contribution in [-0.2, 0) is 11.2 Å². The lowest BCUT2D eigenvalue weighted by Gasteiger charge is -2.33. The average molecular weight is 345 g/mol. The van der Waals surface area contributed by atoms with Gasteiger partial charge in [0.05, 0.1) is 0 Å². The number of rotatable bonds is 5. The van der Waals surface area contributed by atoms with Gasteiger partial charge in [-0.15, -0.1) is 0 Å². The summed E-state index contributed by atoms with van der Waals surface area (Å²) in [6.07, 6.45) is 3.84. The molecule has 3 rings (SSSR count). The fraction of sp³-hybridized carbons (Fsp3) is 0.526. The van der Waals surface area contributed by atoms with E-state index >= 15 is 0 Å². The Bertz CT molecular complexity index is 712. The van der Waals surface area contributed by atoms with Crippen molar-refractivity contribution in [1.82, 2.24) is 15.0 Å². The van der Waals surface area contributed by atoms with E-state index in [0.29, 0.717) is 23.2 Å². The molecule has 1 aliphatic rings. The summed E-state index contributed by atoms with van der Waals surface area (Å²) >= 11 is 0. The Morgan fingerprint density at radius 1 is 1.36 bits per heavy atom. The molecule has 6 heteroatoms. The molecule has 0 aliphatic carbocycles. The lowest BCUT2D eigenvalue weighted by Crippen LogP contribution is -2.42. The molecule has 5 nitrogen and oxygen atoms in total. The number of likely N-dealkylation sites (tertiary alicyclic amines) is 1. The van der Waals surface area contributed by atoms with Gasteiger partial charge in [0.25, 0.3) is 5.89 Å². The van der Waals surface area contributed by atoms with E-state index in [1.165, 1.54) is 12.1 Å². The number of aromatic nitrogens is 2. The number of amides is 1. The fourth-order valence-electron chi connectivity index (χ4n) is 3.26. The van der Waals surface area contributed by atoms with Crippen molar-refractivity contribution in [2.75, 3.05) is 13.1 Å². The lowest BCUT2D eigenvalue weighted by molar-refractivity contribution is -0.136. The van der Waals surface area contributed by atoms with E-state index in [1.54, 1.807) is 12.1 Å². The minimum atomic E-state index is -0.290. The summed E-state index contributed by atoms with van der Waals surface area (Å²) in [6, 6.07) is 6.01. The Balaban J connectivity index is 1.55. The molecule has 1 fully saturated rings. The van der Waals surface area contributed by atoms with Crippen LogP contribution in [0.4, 0.5) is 4.39 Å². The van der Waals surface area contributed by atoms with Crippen molar-refractivity contribution in [3.8, 4) is 11.5 Å². The second-order valence-corrected chi connectivity index (χ2v) is 7.01. The zero-order chi connectivity index (χ0) is 17.8. The van der Waals surface area contributed by atoms with Gasteiger partial charge in [0.15, 0.2) is 5.82 Å². The number of aryl methyl sites for hydroxylation is 1. The summed E-state index contributed by atoms with van der Waals surface area (Å²) in [7, 11) is 0. The highest BCUT2D eigenvalue weighted by molar-refractivity contribution is 5.78. The molecule has 25 heavy (non-hydrogen) atoms. The predicted molar refractivity (Wildman–Crippen MR) is 92.2 cm³/mol. The molecule has 0 saturated carbocycles. The van der Waals surface area contributed by atoms with Crippen LogP contribution in [0.2, 0.25) is 0 Å². The summed E-state index contributed by atoms with van der Waals surface area (Å²) in [5, 5.41) is 4.02.